The lowest BCUT2D eigenvalue weighted by atomic mass is 9.99. The van der Waals surface area contributed by atoms with Gasteiger partial charge in [0.25, 0.3) is 0 Å². The molecule has 0 aromatic rings. The lowest BCUT2D eigenvalue weighted by molar-refractivity contribution is -0.305. The number of hydrogen-bond donors (Lipinski definition) is 4. The van der Waals surface area contributed by atoms with Gasteiger partial charge < -0.3 is 39.4 Å². The van der Waals surface area contributed by atoms with Crippen LogP contribution in [0.1, 0.15) is 181 Å². The highest BCUT2D eigenvalue weighted by molar-refractivity contribution is 5.69. The van der Waals surface area contributed by atoms with Crippen LogP contribution in [-0.2, 0) is 23.7 Å². The lowest BCUT2D eigenvalue weighted by Gasteiger charge is -2.39. The Balaban J connectivity index is 2.28. The SMILES string of the molecule is CCCCC/C=C\CCCCCCCC(=O)OC(COCCCCCCCC/C=C\CCCCCCCCC)COC1OC(CO)C(O)C(O)C1O. The maximum Gasteiger partial charge on any atom is 0.306 e. The van der Waals surface area contributed by atoms with Gasteiger partial charge in [0.05, 0.1) is 19.8 Å². The van der Waals surface area contributed by atoms with Crippen molar-refractivity contribution in [1.29, 1.82) is 0 Å². The Hall–Kier alpha value is -1.33. The largest absolute Gasteiger partial charge is 0.457 e. The number of allylic oxidation sites excluding steroid dienone is 4. The zero-order chi connectivity index (χ0) is 37.9. The van der Waals surface area contributed by atoms with Crippen LogP contribution in [0.4, 0.5) is 0 Å². The van der Waals surface area contributed by atoms with E-state index >= 15 is 0 Å². The molecule has 4 N–H and O–H groups in total. The van der Waals surface area contributed by atoms with Crippen LogP contribution >= 0.6 is 0 Å². The molecule has 1 saturated heterocycles. The first-order chi connectivity index (χ1) is 25.4. The highest BCUT2D eigenvalue weighted by Gasteiger charge is 2.44. The van der Waals surface area contributed by atoms with E-state index in [2.05, 4.69) is 38.2 Å². The number of unbranched alkanes of at least 4 members (excludes halogenated alkanes) is 21. The van der Waals surface area contributed by atoms with E-state index < -0.39 is 43.4 Å². The zero-order valence-electron chi connectivity index (χ0n) is 33.3. The number of carbonyl (C=O) groups is 1. The third-order valence-electron chi connectivity index (χ3n) is 9.84. The molecule has 1 heterocycles. The minimum absolute atomic E-state index is 0.117. The average molecular weight is 741 g/mol. The average Bonchev–Trinajstić information content (AvgIpc) is 3.14. The number of rotatable bonds is 36. The molecule has 0 aliphatic carbocycles. The summed E-state index contributed by atoms with van der Waals surface area (Å²) in [5.74, 6) is -0.325. The van der Waals surface area contributed by atoms with Crippen LogP contribution in [0.3, 0.4) is 0 Å². The van der Waals surface area contributed by atoms with E-state index in [1.165, 1.54) is 116 Å². The molecule has 1 aliphatic heterocycles. The summed E-state index contributed by atoms with van der Waals surface area (Å²) >= 11 is 0. The Kier molecular flexibility index (Phi) is 33.1. The van der Waals surface area contributed by atoms with Gasteiger partial charge in [-0.3, -0.25) is 4.79 Å². The molecule has 306 valence electrons. The number of hydrogen-bond acceptors (Lipinski definition) is 9. The van der Waals surface area contributed by atoms with Crippen LogP contribution in [0.15, 0.2) is 24.3 Å². The molecule has 0 saturated carbocycles. The summed E-state index contributed by atoms with van der Waals surface area (Å²) < 4.78 is 22.7. The molecular formula is C43H80O9. The van der Waals surface area contributed by atoms with Crippen LogP contribution in [0.5, 0.6) is 0 Å². The fourth-order valence-corrected chi connectivity index (χ4v) is 6.42. The lowest BCUT2D eigenvalue weighted by Crippen LogP contribution is -2.59. The first-order valence-corrected chi connectivity index (χ1v) is 21.4. The molecule has 0 aromatic carbocycles. The summed E-state index contributed by atoms with van der Waals surface area (Å²) in [7, 11) is 0. The molecule has 0 spiro atoms. The smallest absolute Gasteiger partial charge is 0.306 e. The molecule has 9 heteroatoms. The maximum absolute atomic E-state index is 12.7. The van der Waals surface area contributed by atoms with Gasteiger partial charge in [-0.05, 0) is 64.2 Å². The van der Waals surface area contributed by atoms with Crippen LogP contribution < -0.4 is 0 Å². The van der Waals surface area contributed by atoms with Gasteiger partial charge in [-0.2, -0.15) is 0 Å². The fourth-order valence-electron chi connectivity index (χ4n) is 6.42. The van der Waals surface area contributed by atoms with E-state index in [4.69, 9.17) is 18.9 Å². The molecular weight excluding hydrogens is 660 g/mol. The van der Waals surface area contributed by atoms with Gasteiger partial charge in [-0.1, -0.05) is 134 Å². The molecule has 0 amide bonds. The van der Waals surface area contributed by atoms with Crippen LogP contribution in [0.2, 0.25) is 0 Å². The summed E-state index contributed by atoms with van der Waals surface area (Å²) in [6, 6.07) is 0. The minimum atomic E-state index is -1.54. The molecule has 1 aliphatic rings. The molecule has 0 aromatic heterocycles. The molecule has 0 radical (unpaired) electrons. The van der Waals surface area contributed by atoms with E-state index in [1.807, 2.05) is 0 Å². The van der Waals surface area contributed by atoms with Crippen LogP contribution in [0.25, 0.3) is 0 Å². The van der Waals surface area contributed by atoms with Gasteiger partial charge in [0, 0.05) is 13.0 Å². The third-order valence-corrected chi connectivity index (χ3v) is 9.84. The predicted molar refractivity (Wildman–Crippen MR) is 210 cm³/mol. The molecule has 1 fully saturated rings. The van der Waals surface area contributed by atoms with Crippen molar-refractivity contribution >= 4 is 5.97 Å². The molecule has 6 unspecified atom stereocenters. The van der Waals surface area contributed by atoms with Crippen molar-refractivity contribution in [2.24, 2.45) is 0 Å². The summed E-state index contributed by atoms with van der Waals surface area (Å²) in [4.78, 5) is 12.7. The van der Waals surface area contributed by atoms with Crippen molar-refractivity contribution in [3.05, 3.63) is 24.3 Å². The number of ether oxygens (including phenoxy) is 4. The van der Waals surface area contributed by atoms with Gasteiger partial charge in [0.1, 0.15) is 30.5 Å². The van der Waals surface area contributed by atoms with Crippen molar-refractivity contribution in [2.45, 2.75) is 218 Å². The fraction of sp³-hybridized carbons (Fsp3) is 0.884. The summed E-state index contributed by atoms with van der Waals surface area (Å²) in [6.07, 6.45) is 32.0. The number of aliphatic hydroxyl groups is 4. The Morgan fingerprint density at radius 3 is 1.60 bits per heavy atom. The number of aliphatic hydroxyl groups excluding tert-OH is 4. The first-order valence-electron chi connectivity index (χ1n) is 21.4. The van der Waals surface area contributed by atoms with E-state index in [0.717, 1.165) is 44.9 Å². The summed E-state index contributed by atoms with van der Waals surface area (Å²) in [6.45, 7) is 4.51. The Morgan fingerprint density at radius 1 is 0.596 bits per heavy atom. The second kappa shape index (κ2) is 35.4. The summed E-state index contributed by atoms with van der Waals surface area (Å²) in [5.41, 5.74) is 0. The normalized spacial score (nSPS) is 21.4. The highest BCUT2D eigenvalue weighted by Crippen LogP contribution is 2.22. The first kappa shape index (κ1) is 48.7. The predicted octanol–water partition coefficient (Wildman–Crippen LogP) is 9.03. The maximum atomic E-state index is 12.7. The Bertz CT molecular complexity index is 848. The van der Waals surface area contributed by atoms with Crippen molar-refractivity contribution in [2.75, 3.05) is 26.4 Å². The van der Waals surface area contributed by atoms with Gasteiger partial charge in [0.15, 0.2) is 6.29 Å². The Morgan fingerprint density at radius 2 is 1.06 bits per heavy atom. The monoisotopic (exact) mass is 741 g/mol. The molecule has 6 atom stereocenters. The second-order valence-electron chi connectivity index (χ2n) is 14.8. The van der Waals surface area contributed by atoms with Crippen molar-refractivity contribution in [3.8, 4) is 0 Å². The van der Waals surface area contributed by atoms with Gasteiger partial charge in [-0.25, -0.2) is 0 Å². The van der Waals surface area contributed by atoms with Gasteiger partial charge in [-0.15, -0.1) is 0 Å². The zero-order valence-corrected chi connectivity index (χ0v) is 33.3. The van der Waals surface area contributed by atoms with E-state index in [9.17, 15) is 25.2 Å². The standard InChI is InChI=1S/C43H80O9/c1-3-5-7-9-11-13-15-17-18-19-20-21-23-25-27-29-31-33-49-35-37(36-50-43-42(48)41(47)40(46)38(34-44)52-43)51-39(45)32-30-28-26-24-22-16-14-12-10-8-6-4-2/h12,14,18-19,37-38,40-44,46-48H,3-11,13,15-17,20-36H2,1-2H3/b14-12-,19-18-. The van der Waals surface area contributed by atoms with Gasteiger partial charge in [0.2, 0.25) is 0 Å². The van der Waals surface area contributed by atoms with E-state index in [1.54, 1.807) is 0 Å². The molecule has 1 rings (SSSR count). The number of esters is 1. The minimum Gasteiger partial charge on any atom is -0.457 e. The van der Waals surface area contributed by atoms with E-state index in [-0.39, 0.29) is 19.2 Å². The van der Waals surface area contributed by atoms with E-state index in [0.29, 0.717) is 13.0 Å². The summed E-state index contributed by atoms with van der Waals surface area (Å²) in [5, 5.41) is 40.0. The van der Waals surface area contributed by atoms with Gasteiger partial charge >= 0.3 is 5.97 Å². The van der Waals surface area contributed by atoms with Crippen LogP contribution in [-0.4, -0.2) is 89.6 Å². The Labute approximate surface area is 317 Å². The highest BCUT2D eigenvalue weighted by atomic mass is 16.7. The van der Waals surface area contributed by atoms with Crippen LogP contribution in [0, 0.1) is 0 Å². The van der Waals surface area contributed by atoms with Crippen molar-refractivity contribution < 1.29 is 44.2 Å². The molecule has 9 nitrogen and oxygen atoms in total. The molecule has 0 bridgehead atoms. The molecule has 52 heavy (non-hydrogen) atoms. The third kappa shape index (κ3) is 26.4. The quantitative estimate of drug-likeness (QED) is 0.0282. The topological polar surface area (TPSA) is 135 Å². The second-order valence-corrected chi connectivity index (χ2v) is 14.8. The van der Waals surface area contributed by atoms with Crippen molar-refractivity contribution in [3.63, 3.8) is 0 Å². The number of carbonyl (C=O) groups excluding carboxylic acids is 1. The van der Waals surface area contributed by atoms with Crippen molar-refractivity contribution in [1.82, 2.24) is 0 Å².